The largest absolute Gasteiger partial charge is 0.493 e. The van der Waals surface area contributed by atoms with E-state index >= 15 is 0 Å². The van der Waals surface area contributed by atoms with Crippen LogP contribution >= 0.6 is 35.0 Å². The number of amidine groups is 1. The van der Waals surface area contributed by atoms with Gasteiger partial charge in [0.2, 0.25) is 5.75 Å². The minimum atomic E-state index is -4.12. The minimum absolute atomic E-state index is 0.00386. The number of carbonyl (C=O) groups is 1. The van der Waals surface area contributed by atoms with Gasteiger partial charge in [-0.3, -0.25) is 4.79 Å². The number of nitrogens with zero attached hydrogens (tertiary/aromatic N) is 1. The summed E-state index contributed by atoms with van der Waals surface area (Å²) in [5.41, 5.74) is 1.15. The first kappa shape index (κ1) is 24.2. The van der Waals surface area contributed by atoms with Crippen LogP contribution in [0, 0.1) is 0 Å². The molecule has 174 valence electrons. The molecular weight excluding hydrogens is 519 g/mol. The standard InChI is InChI=1S/C23H16Cl2N2O5S2/c1-31-19-12-14(11-18(25)21(19)32-34(29,30)17-5-3-2-4-6-17)13-20-22(28)27-23(33-20)26-16-9-7-15(24)8-10-16/h2-13H,1H3,(H,26,27,28). The second-order valence-corrected chi connectivity index (χ2v) is 10.3. The maximum Gasteiger partial charge on any atom is 0.339 e. The van der Waals surface area contributed by atoms with Gasteiger partial charge in [-0.05, 0) is 71.9 Å². The van der Waals surface area contributed by atoms with E-state index in [2.05, 4.69) is 10.3 Å². The molecule has 1 amide bonds. The van der Waals surface area contributed by atoms with Crippen LogP contribution in [0.15, 0.2) is 81.5 Å². The summed E-state index contributed by atoms with van der Waals surface area (Å²) < 4.78 is 35.8. The Bertz CT molecular complexity index is 1410. The lowest BCUT2D eigenvalue weighted by Gasteiger charge is -2.13. The molecule has 3 aromatic rings. The lowest BCUT2D eigenvalue weighted by atomic mass is 10.2. The van der Waals surface area contributed by atoms with Crippen LogP contribution in [-0.4, -0.2) is 26.6 Å². The van der Waals surface area contributed by atoms with Crippen LogP contribution < -0.4 is 14.2 Å². The summed E-state index contributed by atoms with van der Waals surface area (Å²) in [5.74, 6) is -0.388. The predicted molar refractivity (Wildman–Crippen MR) is 135 cm³/mol. The number of aliphatic imine (C=N–C) groups is 1. The summed E-state index contributed by atoms with van der Waals surface area (Å²) in [5, 5.41) is 3.69. The molecule has 1 aliphatic heterocycles. The third kappa shape index (κ3) is 5.56. The van der Waals surface area contributed by atoms with Crippen molar-refractivity contribution in [3.05, 3.63) is 87.2 Å². The number of hydrogen-bond acceptors (Lipinski definition) is 7. The molecule has 11 heteroatoms. The van der Waals surface area contributed by atoms with Crippen molar-refractivity contribution < 1.29 is 22.1 Å². The number of ether oxygens (including phenoxy) is 1. The zero-order chi connectivity index (χ0) is 24.3. The fourth-order valence-corrected chi connectivity index (χ4v) is 5.16. The molecule has 0 atom stereocenters. The number of benzene rings is 3. The van der Waals surface area contributed by atoms with Crippen LogP contribution in [0.3, 0.4) is 0 Å². The van der Waals surface area contributed by atoms with Crippen LogP contribution in [-0.2, 0) is 14.9 Å². The van der Waals surface area contributed by atoms with Crippen LogP contribution in [0.5, 0.6) is 11.5 Å². The first-order valence-electron chi connectivity index (χ1n) is 9.67. The van der Waals surface area contributed by atoms with E-state index in [0.29, 0.717) is 26.3 Å². The third-order valence-corrected chi connectivity index (χ3v) is 7.16. The van der Waals surface area contributed by atoms with Gasteiger partial charge in [0.25, 0.3) is 5.91 Å². The van der Waals surface area contributed by atoms with Gasteiger partial charge in [-0.2, -0.15) is 8.42 Å². The number of amides is 1. The molecule has 0 saturated carbocycles. The van der Waals surface area contributed by atoms with Crippen molar-refractivity contribution in [1.82, 2.24) is 5.32 Å². The topological polar surface area (TPSA) is 94.1 Å². The van der Waals surface area contributed by atoms with E-state index in [1.54, 1.807) is 48.5 Å². The fraction of sp³-hybridized carbons (Fsp3) is 0.0435. The summed E-state index contributed by atoms with van der Waals surface area (Å²) in [4.78, 5) is 17.1. The Morgan fingerprint density at radius 3 is 2.41 bits per heavy atom. The van der Waals surface area contributed by atoms with E-state index in [1.807, 2.05) is 0 Å². The second-order valence-electron chi connectivity index (χ2n) is 6.84. The Kier molecular flexibility index (Phi) is 7.18. The second kappa shape index (κ2) is 10.1. The lowest BCUT2D eigenvalue weighted by molar-refractivity contribution is -0.115. The lowest BCUT2D eigenvalue weighted by Crippen LogP contribution is -2.19. The van der Waals surface area contributed by atoms with Gasteiger partial charge in [0, 0.05) is 5.02 Å². The molecule has 0 bridgehead atoms. The highest BCUT2D eigenvalue weighted by atomic mass is 35.5. The molecule has 0 unspecified atom stereocenters. The maximum absolute atomic E-state index is 12.6. The molecule has 1 fully saturated rings. The molecule has 3 aromatic carbocycles. The normalized spacial score (nSPS) is 16.0. The van der Waals surface area contributed by atoms with Crippen LogP contribution in [0.4, 0.5) is 5.69 Å². The SMILES string of the molecule is COc1cc(C=C2SC(=Nc3ccc(Cl)cc3)NC2=O)cc(Cl)c1OS(=O)(=O)c1ccccc1. The molecule has 0 spiro atoms. The highest BCUT2D eigenvalue weighted by Crippen LogP contribution is 2.39. The summed E-state index contributed by atoms with van der Waals surface area (Å²) in [7, 11) is -2.76. The Hall–Kier alpha value is -2.98. The van der Waals surface area contributed by atoms with Crippen molar-refractivity contribution in [3.63, 3.8) is 0 Å². The van der Waals surface area contributed by atoms with Crippen molar-refractivity contribution in [2.75, 3.05) is 7.11 Å². The average molecular weight is 535 g/mol. The molecule has 1 heterocycles. The summed E-state index contributed by atoms with van der Waals surface area (Å²) in [6.07, 6.45) is 1.59. The van der Waals surface area contributed by atoms with Gasteiger partial charge < -0.3 is 14.2 Å². The molecule has 0 radical (unpaired) electrons. The Balaban J connectivity index is 1.60. The number of thioether (sulfide) groups is 1. The molecule has 0 aromatic heterocycles. The van der Waals surface area contributed by atoms with E-state index in [9.17, 15) is 13.2 Å². The number of halogens is 2. The van der Waals surface area contributed by atoms with Crippen molar-refractivity contribution in [3.8, 4) is 11.5 Å². The number of methoxy groups -OCH3 is 1. The highest BCUT2D eigenvalue weighted by molar-refractivity contribution is 8.18. The van der Waals surface area contributed by atoms with Crippen molar-refractivity contribution >= 4 is 67.9 Å². The third-order valence-electron chi connectivity index (χ3n) is 4.48. The van der Waals surface area contributed by atoms with E-state index < -0.39 is 10.1 Å². The van der Waals surface area contributed by atoms with Gasteiger partial charge in [0.15, 0.2) is 10.9 Å². The van der Waals surface area contributed by atoms with E-state index in [4.69, 9.17) is 32.1 Å². The number of nitrogens with one attached hydrogen (secondary N) is 1. The summed E-state index contributed by atoms with van der Waals surface area (Å²) in [6.45, 7) is 0. The summed E-state index contributed by atoms with van der Waals surface area (Å²) >= 11 is 13.4. The van der Waals surface area contributed by atoms with Gasteiger partial charge in [-0.15, -0.1) is 0 Å². The Labute approximate surface area is 210 Å². The highest BCUT2D eigenvalue weighted by Gasteiger charge is 2.25. The van der Waals surface area contributed by atoms with Crippen molar-refractivity contribution in [1.29, 1.82) is 0 Å². The molecule has 34 heavy (non-hydrogen) atoms. The van der Waals surface area contributed by atoms with Crippen LogP contribution in [0.1, 0.15) is 5.56 Å². The zero-order valence-corrected chi connectivity index (χ0v) is 20.6. The molecule has 1 N–H and O–H groups in total. The first-order valence-corrected chi connectivity index (χ1v) is 12.7. The number of carbonyl (C=O) groups excluding carboxylic acids is 1. The Morgan fingerprint density at radius 2 is 1.74 bits per heavy atom. The Morgan fingerprint density at radius 1 is 1.03 bits per heavy atom. The summed E-state index contributed by atoms with van der Waals surface area (Å²) in [6, 6.07) is 17.6. The molecule has 0 aliphatic carbocycles. The van der Waals surface area contributed by atoms with Crippen LogP contribution in [0.2, 0.25) is 10.0 Å². The molecule has 1 aliphatic rings. The van der Waals surface area contributed by atoms with Gasteiger partial charge in [-0.1, -0.05) is 41.4 Å². The number of rotatable bonds is 6. The predicted octanol–water partition coefficient (Wildman–Crippen LogP) is 5.66. The smallest absolute Gasteiger partial charge is 0.339 e. The van der Waals surface area contributed by atoms with Gasteiger partial charge in [-0.25, -0.2) is 4.99 Å². The maximum atomic E-state index is 12.6. The fourth-order valence-electron chi connectivity index (χ4n) is 2.91. The first-order chi connectivity index (χ1) is 16.2. The van der Waals surface area contributed by atoms with Crippen molar-refractivity contribution in [2.45, 2.75) is 4.90 Å². The van der Waals surface area contributed by atoms with Gasteiger partial charge >= 0.3 is 10.1 Å². The number of hydrogen-bond donors (Lipinski definition) is 1. The minimum Gasteiger partial charge on any atom is -0.493 e. The molecule has 4 rings (SSSR count). The molecule has 7 nitrogen and oxygen atoms in total. The average Bonchev–Trinajstić information content (AvgIpc) is 3.15. The van der Waals surface area contributed by atoms with E-state index in [-0.39, 0.29) is 27.3 Å². The monoisotopic (exact) mass is 534 g/mol. The van der Waals surface area contributed by atoms with Gasteiger partial charge in [0.05, 0.1) is 22.7 Å². The van der Waals surface area contributed by atoms with Gasteiger partial charge in [0.1, 0.15) is 4.90 Å². The molecule has 1 saturated heterocycles. The van der Waals surface area contributed by atoms with Crippen molar-refractivity contribution in [2.24, 2.45) is 4.99 Å². The quantitative estimate of drug-likeness (QED) is 0.323. The van der Waals surface area contributed by atoms with E-state index in [0.717, 1.165) is 11.8 Å². The van der Waals surface area contributed by atoms with E-state index in [1.165, 1.54) is 31.4 Å². The molecular formula is C23H16Cl2N2O5S2. The van der Waals surface area contributed by atoms with Crippen LogP contribution in [0.25, 0.3) is 6.08 Å². The zero-order valence-electron chi connectivity index (χ0n) is 17.5.